The first-order valence-corrected chi connectivity index (χ1v) is 9.91. The third kappa shape index (κ3) is 4.04. The number of nitrogen functional groups attached to an aromatic ring is 1. The van der Waals surface area contributed by atoms with Gasteiger partial charge < -0.3 is 15.9 Å². The molecule has 0 saturated carbocycles. The van der Waals surface area contributed by atoms with Crippen LogP contribution in [-0.2, 0) is 24.7 Å². The molecule has 0 spiro atoms. The number of amides is 2. The van der Waals surface area contributed by atoms with Crippen molar-refractivity contribution in [2.75, 3.05) is 18.6 Å². The van der Waals surface area contributed by atoms with Gasteiger partial charge in [-0.3, -0.25) is 14.1 Å². The Hall–Kier alpha value is -2.41. The van der Waals surface area contributed by atoms with Crippen LogP contribution in [-0.4, -0.2) is 64.7 Å². The van der Waals surface area contributed by atoms with Gasteiger partial charge in [-0.2, -0.15) is 13.7 Å². The van der Waals surface area contributed by atoms with Gasteiger partial charge in [0.2, 0.25) is 0 Å². The number of thioether (sulfide) groups is 1. The molecule has 1 saturated heterocycles. The number of thiazole rings is 1. The highest BCUT2D eigenvalue weighted by molar-refractivity contribution is 8.03. The lowest BCUT2D eigenvalue weighted by molar-refractivity contribution is -0.143. The van der Waals surface area contributed by atoms with E-state index in [4.69, 9.17) is 15.5 Å². The molecule has 0 radical (unpaired) electrons. The smallest absolute Gasteiger partial charge is 0.362 e. The second-order valence-electron chi connectivity index (χ2n) is 4.73. The number of hydrogen-bond acceptors (Lipinski definition) is 11. The lowest BCUT2D eigenvalue weighted by atomic mass is 10.0. The van der Waals surface area contributed by atoms with Gasteiger partial charge in [-0.1, -0.05) is 5.16 Å². The number of nitrogens with zero attached hydrogens (tertiary/aromatic N) is 4. The Kier molecular flexibility index (Phi) is 6.02. The number of aromatic nitrogens is 1. The molecule has 2 atom stereocenters. The van der Waals surface area contributed by atoms with Crippen LogP contribution in [0.3, 0.4) is 0 Å². The first-order chi connectivity index (χ1) is 12.2. The zero-order valence-corrected chi connectivity index (χ0v) is 15.5. The van der Waals surface area contributed by atoms with Crippen LogP contribution >= 0.6 is 23.1 Å². The summed E-state index contributed by atoms with van der Waals surface area (Å²) in [6, 6.07) is -2.40. The van der Waals surface area contributed by atoms with E-state index in [1.54, 1.807) is 5.40 Å². The number of rotatable bonds is 7. The van der Waals surface area contributed by atoms with E-state index in [1.165, 1.54) is 12.5 Å². The highest BCUT2D eigenvalue weighted by Gasteiger charge is 2.54. The number of β-lactam (4-membered cyclic amide) rings is 1. The fraction of sp³-hybridized carbons (Fsp3) is 0.364. The topological polar surface area (TPSA) is 188 Å². The normalized spacial score (nSPS) is 20.3. The van der Waals surface area contributed by atoms with Gasteiger partial charge in [0.25, 0.3) is 11.8 Å². The highest BCUT2D eigenvalue weighted by atomic mass is 32.2. The van der Waals surface area contributed by atoms with Gasteiger partial charge in [-0.15, -0.1) is 11.3 Å². The minimum absolute atomic E-state index is 0.105. The van der Waals surface area contributed by atoms with E-state index >= 15 is 0 Å². The van der Waals surface area contributed by atoms with E-state index in [0.29, 0.717) is 11.8 Å². The van der Waals surface area contributed by atoms with E-state index in [9.17, 15) is 18.0 Å². The number of anilines is 1. The molecule has 1 fully saturated rings. The molecule has 0 bridgehead atoms. The maximum absolute atomic E-state index is 12.4. The Morgan fingerprint density at radius 1 is 1.69 bits per heavy atom. The van der Waals surface area contributed by atoms with Crippen molar-refractivity contribution < 1.29 is 27.4 Å². The van der Waals surface area contributed by atoms with Crippen molar-refractivity contribution in [3.63, 3.8) is 0 Å². The number of nitriles is 1. The summed E-state index contributed by atoms with van der Waals surface area (Å²) < 4.78 is 31.9. The Bertz CT molecular complexity index is 890. The molecule has 4 N–H and O–H groups in total. The minimum atomic E-state index is -4.82. The Morgan fingerprint density at radius 2 is 2.38 bits per heavy atom. The third-order valence-corrected chi connectivity index (χ3v) is 5.44. The van der Waals surface area contributed by atoms with Gasteiger partial charge in [0.15, 0.2) is 10.8 Å². The number of oxime groups is 1. The molecule has 2 unspecified atom stereocenters. The molecule has 26 heavy (non-hydrogen) atoms. The molecule has 1 aromatic heterocycles. The van der Waals surface area contributed by atoms with E-state index in [1.807, 2.05) is 0 Å². The van der Waals surface area contributed by atoms with Gasteiger partial charge in [-0.05, 0) is 11.8 Å². The lowest BCUT2D eigenvalue weighted by Gasteiger charge is -2.43. The first-order valence-electron chi connectivity index (χ1n) is 6.65. The predicted molar refractivity (Wildman–Crippen MR) is 92.3 cm³/mol. The minimum Gasteiger partial charge on any atom is -0.398 e. The fourth-order valence-corrected chi connectivity index (χ4v) is 4.26. The molecule has 2 amide bonds. The average Bonchev–Trinajstić information content (AvgIpc) is 2.98. The standard InChI is InChI=1S/C11H12N6O6S3/c1-23-16-7(5-2-25-11(13)14-5)9(18)15-8-6(3-24-4-12)17(10(8)19)26(20,21)22/h2,6,8H,3H2,1H3,(H2,13,14)(H,15,18)(H,20,21,22). The predicted octanol–water partition coefficient (Wildman–Crippen LogP) is -1.21. The number of carbonyl (C=O) groups excluding carboxylic acids is 2. The summed E-state index contributed by atoms with van der Waals surface area (Å²) >= 11 is 1.72. The van der Waals surface area contributed by atoms with Crippen molar-refractivity contribution in [1.29, 1.82) is 5.26 Å². The molecule has 1 aromatic rings. The molecule has 0 aliphatic carbocycles. The van der Waals surface area contributed by atoms with Gasteiger partial charge in [0.1, 0.15) is 24.2 Å². The van der Waals surface area contributed by atoms with E-state index in [0.717, 1.165) is 11.3 Å². The fourth-order valence-electron chi connectivity index (χ4n) is 2.15. The number of nitrogens with two attached hydrogens (primary N) is 1. The van der Waals surface area contributed by atoms with Crippen molar-refractivity contribution in [1.82, 2.24) is 14.6 Å². The zero-order chi connectivity index (χ0) is 19.5. The lowest BCUT2D eigenvalue weighted by Crippen LogP contribution is -2.73. The number of nitrogens with one attached hydrogen (secondary N) is 1. The summed E-state index contributed by atoms with van der Waals surface area (Å²) in [6.45, 7) is 0. The van der Waals surface area contributed by atoms with Gasteiger partial charge in [-0.25, -0.2) is 9.29 Å². The van der Waals surface area contributed by atoms with Crippen molar-refractivity contribution in [2.24, 2.45) is 5.16 Å². The molecule has 140 valence electrons. The second kappa shape index (κ2) is 7.86. The quantitative estimate of drug-likeness (QED) is 0.159. The Morgan fingerprint density at radius 3 is 2.88 bits per heavy atom. The van der Waals surface area contributed by atoms with E-state index in [-0.39, 0.29) is 26.6 Å². The van der Waals surface area contributed by atoms with Crippen LogP contribution in [0.1, 0.15) is 5.69 Å². The van der Waals surface area contributed by atoms with Crippen molar-refractivity contribution in [3.05, 3.63) is 11.1 Å². The Balaban J connectivity index is 2.21. The molecular formula is C11H12N6O6S3. The maximum atomic E-state index is 12.4. The van der Waals surface area contributed by atoms with Crippen molar-refractivity contribution in [2.45, 2.75) is 12.1 Å². The number of thiocyanates is 1. The molecule has 12 nitrogen and oxygen atoms in total. The maximum Gasteiger partial charge on any atom is 0.362 e. The van der Waals surface area contributed by atoms with Crippen LogP contribution in [0.15, 0.2) is 10.5 Å². The molecule has 15 heteroatoms. The van der Waals surface area contributed by atoms with Gasteiger partial charge >= 0.3 is 10.3 Å². The third-order valence-electron chi connectivity index (χ3n) is 3.19. The molecule has 2 heterocycles. The Labute approximate surface area is 155 Å². The SMILES string of the molecule is CON=C(C(=O)NC1C(=O)N(S(=O)(=O)O)C1CSC#N)c1csc(N)n1. The summed E-state index contributed by atoms with van der Waals surface area (Å²) in [4.78, 5) is 32.9. The second-order valence-corrected chi connectivity index (χ2v) is 7.71. The van der Waals surface area contributed by atoms with Crippen molar-refractivity contribution >= 4 is 56.1 Å². The highest BCUT2D eigenvalue weighted by Crippen LogP contribution is 2.26. The molecule has 2 rings (SSSR count). The van der Waals surface area contributed by atoms with Crippen LogP contribution in [0, 0.1) is 10.7 Å². The van der Waals surface area contributed by atoms with Crippen LogP contribution in [0.5, 0.6) is 0 Å². The van der Waals surface area contributed by atoms with Crippen LogP contribution in [0.25, 0.3) is 0 Å². The number of carbonyl (C=O) groups is 2. The molecular weight excluding hydrogens is 408 g/mol. The summed E-state index contributed by atoms with van der Waals surface area (Å²) in [5.74, 6) is -2.05. The summed E-state index contributed by atoms with van der Waals surface area (Å²) in [6.07, 6.45) is 0. The van der Waals surface area contributed by atoms with Gasteiger partial charge in [0, 0.05) is 11.1 Å². The molecule has 1 aliphatic rings. The molecule has 0 aromatic carbocycles. The summed E-state index contributed by atoms with van der Waals surface area (Å²) in [5.41, 5.74) is 5.34. The summed E-state index contributed by atoms with van der Waals surface area (Å²) in [5, 5.41) is 17.8. The number of hydrogen-bond donors (Lipinski definition) is 3. The van der Waals surface area contributed by atoms with Crippen LogP contribution in [0.2, 0.25) is 0 Å². The molecule has 1 aliphatic heterocycles. The monoisotopic (exact) mass is 420 g/mol. The van der Waals surface area contributed by atoms with E-state index < -0.39 is 34.2 Å². The van der Waals surface area contributed by atoms with Crippen molar-refractivity contribution in [3.8, 4) is 5.40 Å². The summed E-state index contributed by atoms with van der Waals surface area (Å²) in [7, 11) is -3.62. The van der Waals surface area contributed by atoms with E-state index in [2.05, 4.69) is 20.3 Å². The largest absolute Gasteiger partial charge is 0.398 e. The van der Waals surface area contributed by atoms with Crippen LogP contribution < -0.4 is 11.1 Å². The average molecular weight is 420 g/mol. The van der Waals surface area contributed by atoms with Crippen LogP contribution in [0.4, 0.5) is 5.13 Å². The van der Waals surface area contributed by atoms with Gasteiger partial charge in [0.05, 0.1) is 6.04 Å². The first kappa shape index (κ1) is 19.9. The zero-order valence-electron chi connectivity index (χ0n) is 13.0.